The molecule has 0 N–H and O–H groups in total. The molecule has 1 rings (SSSR count). The van der Waals surface area contributed by atoms with Crippen LogP contribution in [0.2, 0.25) is 4.63 Å². The topological polar surface area (TPSA) is 18.8 Å². The second kappa shape index (κ2) is 7.87. The van der Waals surface area contributed by atoms with E-state index in [1.165, 1.54) is 0 Å². The minimum absolute atomic E-state index is 0.00243. The third-order valence-electron chi connectivity index (χ3n) is 3.87. The van der Waals surface area contributed by atoms with Gasteiger partial charge < -0.3 is 0 Å². The Morgan fingerprint density at radius 2 is 1.24 bits per heavy atom. The summed E-state index contributed by atoms with van der Waals surface area (Å²) in [6.45, 7) is 20.2. The molecule has 21 heavy (non-hydrogen) atoms. The zero-order valence-electron chi connectivity index (χ0n) is 15.0. The maximum absolute atomic E-state index is 5.53. The van der Waals surface area contributed by atoms with Gasteiger partial charge in [-0.2, -0.15) is 0 Å². The molecule has 0 bridgehead atoms. The van der Waals surface area contributed by atoms with Crippen molar-refractivity contribution in [2.24, 2.45) is 3.79 Å². The maximum atomic E-state index is 5.53. The Hall–Kier alpha value is -0.216. The number of nitrogens with zero attached hydrogens (tertiary/aromatic N) is 3. The van der Waals surface area contributed by atoms with Crippen LogP contribution in [0.15, 0.2) is 28.1 Å². The average Bonchev–Trinajstić information content (AvgIpc) is 2.93. The van der Waals surface area contributed by atoms with Gasteiger partial charge in [0.2, 0.25) is 0 Å². The molecule has 0 fully saturated rings. The first-order valence-corrected chi connectivity index (χ1v) is 11.0. The molecular formula is C17H34N3V. The van der Waals surface area contributed by atoms with E-state index in [1.54, 1.807) is 0 Å². The summed E-state index contributed by atoms with van der Waals surface area (Å²) in [5, 5.41) is 0. The summed E-state index contributed by atoms with van der Waals surface area (Å²) < 4.78 is 11.4. The van der Waals surface area contributed by atoms with E-state index in [2.05, 4.69) is 80.3 Å². The van der Waals surface area contributed by atoms with Crippen molar-refractivity contribution in [3.63, 3.8) is 0 Å². The molecule has 0 spiro atoms. The van der Waals surface area contributed by atoms with Gasteiger partial charge in [-0.15, -0.1) is 0 Å². The number of hydrogen-bond donors (Lipinski definition) is 0. The molecule has 0 amide bonds. The Labute approximate surface area is 135 Å². The normalized spacial score (nSPS) is 16.4. The molecule has 3 nitrogen and oxygen atoms in total. The van der Waals surface area contributed by atoms with E-state index in [9.17, 15) is 0 Å². The van der Waals surface area contributed by atoms with Crippen molar-refractivity contribution < 1.29 is 14.3 Å². The zero-order chi connectivity index (χ0) is 16.1. The van der Waals surface area contributed by atoms with Crippen LogP contribution in [0.25, 0.3) is 0 Å². The van der Waals surface area contributed by atoms with Gasteiger partial charge in [0.15, 0.2) is 0 Å². The second-order valence-electron chi connectivity index (χ2n) is 6.42. The van der Waals surface area contributed by atoms with Crippen molar-refractivity contribution in [2.75, 3.05) is 26.2 Å². The fraction of sp³-hybridized carbons (Fsp3) is 0.765. The summed E-state index contributed by atoms with van der Waals surface area (Å²) in [5.41, 5.74) is 0.00243. The van der Waals surface area contributed by atoms with Crippen LogP contribution >= 0.6 is 0 Å². The Balaban J connectivity index is 3.58. The van der Waals surface area contributed by atoms with Crippen LogP contribution in [0.1, 0.15) is 48.5 Å². The second-order valence-corrected chi connectivity index (χ2v) is 11.4. The molecule has 0 atom stereocenters. The molecular weight excluding hydrogens is 297 g/mol. The van der Waals surface area contributed by atoms with Crippen molar-refractivity contribution in [1.82, 2.24) is 7.50 Å². The van der Waals surface area contributed by atoms with Crippen molar-refractivity contribution in [2.45, 2.75) is 58.6 Å². The van der Waals surface area contributed by atoms with Crippen LogP contribution in [0.5, 0.6) is 0 Å². The summed E-state index contributed by atoms with van der Waals surface area (Å²) >= 11 is -2.58. The van der Waals surface area contributed by atoms with Gasteiger partial charge in [0.1, 0.15) is 0 Å². The Bertz CT molecular complexity index is 396. The van der Waals surface area contributed by atoms with Gasteiger partial charge in [-0.05, 0) is 0 Å². The first-order valence-electron chi connectivity index (χ1n) is 8.34. The Morgan fingerprint density at radius 1 is 0.857 bits per heavy atom. The van der Waals surface area contributed by atoms with Crippen LogP contribution in [0.4, 0.5) is 0 Å². The van der Waals surface area contributed by atoms with Gasteiger partial charge >= 0.3 is 135 Å². The first kappa shape index (κ1) is 18.8. The van der Waals surface area contributed by atoms with Crippen molar-refractivity contribution in [3.8, 4) is 0 Å². The standard InChI is InChI=1S/C5H5.C4H9N.2C4H10N.V/c1-2-4-5-3-1;1-4(2,3)5;2*1-3-5-4-2;/h1-5H;1-3H3;2*3-4H2,1-2H3;/q;;2*-1;+2. The Morgan fingerprint density at radius 3 is 1.52 bits per heavy atom. The SMILES string of the molecule is CC[N](CC)[V](=[N]C(C)(C)C)([CH]1C=CC=C1)[N](CC)CC. The predicted octanol–water partition coefficient (Wildman–Crippen LogP) is 4.55. The molecule has 1 aliphatic rings. The average molecular weight is 331 g/mol. The molecule has 1 aliphatic carbocycles. The summed E-state index contributed by atoms with van der Waals surface area (Å²) in [6, 6.07) is 0. The molecule has 0 aliphatic heterocycles. The molecule has 0 saturated heterocycles. The van der Waals surface area contributed by atoms with Gasteiger partial charge in [-0.1, -0.05) is 0 Å². The zero-order valence-corrected chi connectivity index (χ0v) is 16.4. The summed E-state index contributed by atoms with van der Waals surface area (Å²) in [6.07, 6.45) is 9.15. The predicted molar refractivity (Wildman–Crippen MR) is 90.1 cm³/mol. The molecule has 0 heterocycles. The van der Waals surface area contributed by atoms with Crippen molar-refractivity contribution in [1.29, 1.82) is 0 Å². The fourth-order valence-electron chi connectivity index (χ4n) is 3.12. The van der Waals surface area contributed by atoms with Gasteiger partial charge in [-0.25, -0.2) is 0 Å². The van der Waals surface area contributed by atoms with Crippen molar-refractivity contribution in [3.05, 3.63) is 24.3 Å². The van der Waals surface area contributed by atoms with E-state index < -0.39 is 14.3 Å². The molecule has 0 aromatic rings. The third-order valence-corrected chi connectivity index (χ3v) is 11.4. The van der Waals surface area contributed by atoms with Crippen LogP contribution in [0, 0.1) is 0 Å². The van der Waals surface area contributed by atoms with E-state index in [0.29, 0.717) is 4.63 Å². The van der Waals surface area contributed by atoms with Gasteiger partial charge in [-0.3, -0.25) is 0 Å². The van der Waals surface area contributed by atoms with E-state index in [4.69, 9.17) is 3.79 Å². The van der Waals surface area contributed by atoms with Crippen LogP contribution in [0.3, 0.4) is 0 Å². The van der Waals surface area contributed by atoms with E-state index in [-0.39, 0.29) is 5.54 Å². The van der Waals surface area contributed by atoms with E-state index in [0.717, 1.165) is 26.2 Å². The fourth-order valence-corrected chi connectivity index (χ4v) is 10.5. The molecule has 0 radical (unpaired) electrons. The summed E-state index contributed by atoms with van der Waals surface area (Å²) in [7, 11) is 0. The van der Waals surface area contributed by atoms with Gasteiger partial charge in [0.25, 0.3) is 0 Å². The molecule has 0 aromatic carbocycles. The molecule has 0 unspecified atom stereocenters. The van der Waals surface area contributed by atoms with Crippen LogP contribution in [-0.2, 0) is 14.3 Å². The van der Waals surface area contributed by atoms with E-state index >= 15 is 0 Å². The van der Waals surface area contributed by atoms with Gasteiger partial charge in [0.05, 0.1) is 0 Å². The first-order chi connectivity index (χ1) is 9.85. The van der Waals surface area contributed by atoms with Gasteiger partial charge in [0, 0.05) is 0 Å². The third kappa shape index (κ3) is 4.16. The minimum atomic E-state index is -2.58. The number of hydrogen-bond acceptors (Lipinski definition) is 1. The summed E-state index contributed by atoms with van der Waals surface area (Å²) in [4.78, 5) is 0. The summed E-state index contributed by atoms with van der Waals surface area (Å²) in [5.74, 6) is 0. The Kier molecular flexibility index (Phi) is 7.06. The molecule has 4 heteroatoms. The number of allylic oxidation sites excluding steroid dienone is 4. The number of rotatable bonds is 7. The quantitative estimate of drug-likeness (QED) is 0.681. The van der Waals surface area contributed by atoms with Crippen LogP contribution in [-0.4, -0.2) is 39.2 Å². The van der Waals surface area contributed by atoms with Crippen molar-refractivity contribution >= 4 is 0 Å². The molecule has 122 valence electrons. The monoisotopic (exact) mass is 331 g/mol. The molecule has 0 saturated carbocycles. The van der Waals surface area contributed by atoms with Crippen LogP contribution < -0.4 is 0 Å². The molecule has 0 aromatic heterocycles. The van der Waals surface area contributed by atoms with E-state index in [1.807, 2.05) is 0 Å².